The Morgan fingerprint density at radius 3 is 2.61 bits per heavy atom. The van der Waals surface area contributed by atoms with Gasteiger partial charge >= 0.3 is 0 Å². The second-order valence-corrected chi connectivity index (χ2v) is 5.23. The number of ether oxygens (including phenoxy) is 1. The highest BCUT2D eigenvalue weighted by Gasteiger charge is 2.26. The molecule has 0 amide bonds. The summed E-state index contributed by atoms with van der Waals surface area (Å²) < 4.78 is 5.54. The van der Waals surface area contributed by atoms with E-state index in [1.807, 2.05) is 0 Å². The van der Waals surface area contributed by atoms with Crippen molar-refractivity contribution in [2.45, 2.75) is 51.2 Å². The standard InChI is InChI=1S/C16H25NO/c1-4-17-16(12(2)18-3)15-11-6-5-10-14(15)13-8-7-9-13/h5-6,10-13,16-17H,4,7-9H2,1-3H3. The van der Waals surface area contributed by atoms with Crippen molar-refractivity contribution in [1.29, 1.82) is 0 Å². The number of nitrogens with one attached hydrogen (secondary N) is 1. The largest absolute Gasteiger partial charge is 0.380 e. The summed E-state index contributed by atoms with van der Waals surface area (Å²) in [7, 11) is 1.79. The third kappa shape index (κ3) is 2.76. The Morgan fingerprint density at radius 1 is 1.33 bits per heavy atom. The van der Waals surface area contributed by atoms with Gasteiger partial charge in [0.1, 0.15) is 0 Å². The molecule has 0 aliphatic heterocycles. The van der Waals surface area contributed by atoms with Gasteiger partial charge in [-0.25, -0.2) is 0 Å². The molecule has 2 nitrogen and oxygen atoms in total. The predicted molar refractivity (Wildman–Crippen MR) is 75.9 cm³/mol. The first-order valence-electron chi connectivity index (χ1n) is 7.13. The first-order chi connectivity index (χ1) is 8.77. The Hall–Kier alpha value is -0.860. The van der Waals surface area contributed by atoms with E-state index in [4.69, 9.17) is 4.74 Å². The molecular weight excluding hydrogens is 222 g/mol. The summed E-state index contributed by atoms with van der Waals surface area (Å²) in [5.74, 6) is 0.770. The summed E-state index contributed by atoms with van der Waals surface area (Å²) in [6.45, 7) is 5.27. The minimum absolute atomic E-state index is 0.200. The average Bonchev–Trinajstić information content (AvgIpc) is 2.34. The number of likely N-dealkylation sites (N-methyl/N-ethyl adjacent to an activating group) is 1. The Morgan fingerprint density at radius 2 is 2.06 bits per heavy atom. The zero-order valence-corrected chi connectivity index (χ0v) is 11.8. The van der Waals surface area contributed by atoms with Crippen molar-refractivity contribution in [3.8, 4) is 0 Å². The van der Waals surface area contributed by atoms with Gasteiger partial charge in [0.25, 0.3) is 0 Å². The topological polar surface area (TPSA) is 21.3 Å². The number of rotatable bonds is 6. The van der Waals surface area contributed by atoms with Gasteiger partial charge in [-0.05, 0) is 43.4 Å². The molecule has 0 spiro atoms. The summed E-state index contributed by atoms with van der Waals surface area (Å²) in [5, 5.41) is 3.57. The van der Waals surface area contributed by atoms with Crippen LogP contribution >= 0.6 is 0 Å². The molecule has 0 saturated heterocycles. The number of hydrogen-bond acceptors (Lipinski definition) is 2. The van der Waals surface area contributed by atoms with E-state index in [-0.39, 0.29) is 6.10 Å². The van der Waals surface area contributed by atoms with Gasteiger partial charge in [0, 0.05) is 7.11 Å². The quantitative estimate of drug-likeness (QED) is 0.828. The van der Waals surface area contributed by atoms with Crippen LogP contribution in [0.1, 0.15) is 56.2 Å². The molecule has 1 aliphatic rings. The minimum atomic E-state index is 0.200. The maximum absolute atomic E-state index is 5.54. The first kappa shape index (κ1) is 13.6. The Labute approximate surface area is 111 Å². The maximum Gasteiger partial charge on any atom is 0.0737 e. The molecule has 1 aromatic rings. The second kappa shape index (κ2) is 6.35. The Bertz CT molecular complexity index is 373. The summed E-state index contributed by atoms with van der Waals surface area (Å²) in [6.07, 6.45) is 4.27. The molecule has 0 radical (unpaired) electrons. The van der Waals surface area contributed by atoms with Crippen molar-refractivity contribution in [2.24, 2.45) is 0 Å². The van der Waals surface area contributed by atoms with Gasteiger partial charge in [-0.1, -0.05) is 37.6 Å². The van der Waals surface area contributed by atoms with Gasteiger partial charge in [-0.15, -0.1) is 0 Å². The summed E-state index contributed by atoms with van der Waals surface area (Å²) in [6, 6.07) is 9.17. The van der Waals surface area contributed by atoms with Gasteiger partial charge in [-0.2, -0.15) is 0 Å². The Kier molecular flexibility index (Phi) is 4.79. The fourth-order valence-electron chi connectivity index (χ4n) is 2.77. The normalized spacial score (nSPS) is 19.3. The molecule has 1 fully saturated rings. The van der Waals surface area contributed by atoms with Gasteiger partial charge in [0.15, 0.2) is 0 Å². The van der Waals surface area contributed by atoms with Crippen LogP contribution in [-0.4, -0.2) is 19.8 Å². The van der Waals surface area contributed by atoms with Crippen molar-refractivity contribution in [3.05, 3.63) is 35.4 Å². The molecule has 1 aromatic carbocycles. The van der Waals surface area contributed by atoms with Crippen LogP contribution in [0.5, 0.6) is 0 Å². The number of hydrogen-bond donors (Lipinski definition) is 1. The van der Waals surface area contributed by atoms with Crippen molar-refractivity contribution in [1.82, 2.24) is 5.32 Å². The van der Waals surface area contributed by atoms with Crippen molar-refractivity contribution in [3.63, 3.8) is 0 Å². The first-order valence-corrected chi connectivity index (χ1v) is 7.13. The molecule has 2 atom stereocenters. The molecule has 2 unspecified atom stereocenters. The highest BCUT2D eigenvalue weighted by Crippen LogP contribution is 2.40. The number of benzene rings is 1. The fourth-order valence-corrected chi connectivity index (χ4v) is 2.77. The zero-order chi connectivity index (χ0) is 13.0. The molecule has 2 heteroatoms. The fraction of sp³-hybridized carbons (Fsp3) is 0.625. The lowest BCUT2D eigenvalue weighted by atomic mass is 9.76. The van der Waals surface area contributed by atoms with E-state index in [1.165, 1.54) is 30.4 Å². The maximum atomic E-state index is 5.54. The second-order valence-electron chi connectivity index (χ2n) is 5.23. The molecule has 1 saturated carbocycles. The summed E-state index contributed by atoms with van der Waals surface area (Å²) in [4.78, 5) is 0. The Balaban J connectivity index is 2.27. The van der Waals surface area contributed by atoms with Crippen LogP contribution in [0.15, 0.2) is 24.3 Å². The summed E-state index contributed by atoms with van der Waals surface area (Å²) in [5.41, 5.74) is 2.96. The van der Waals surface area contributed by atoms with Crippen molar-refractivity contribution < 1.29 is 4.74 Å². The van der Waals surface area contributed by atoms with E-state index >= 15 is 0 Å². The smallest absolute Gasteiger partial charge is 0.0737 e. The van der Waals surface area contributed by atoms with Gasteiger partial charge < -0.3 is 10.1 Å². The third-order valence-electron chi connectivity index (χ3n) is 4.14. The van der Waals surface area contributed by atoms with Crippen molar-refractivity contribution >= 4 is 0 Å². The molecule has 0 aromatic heterocycles. The highest BCUT2D eigenvalue weighted by atomic mass is 16.5. The van der Waals surface area contributed by atoms with Crippen LogP contribution in [0.25, 0.3) is 0 Å². The molecule has 0 heterocycles. The van der Waals surface area contributed by atoms with Crippen LogP contribution in [0, 0.1) is 0 Å². The van der Waals surface area contributed by atoms with Gasteiger partial charge in [-0.3, -0.25) is 0 Å². The monoisotopic (exact) mass is 247 g/mol. The van der Waals surface area contributed by atoms with E-state index in [9.17, 15) is 0 Å². The molecule has 100 valence electrons. The highest BCUT2D eigenvalue weighted by molar-refractivity contribution is 5.34. The lowest BCUT2D eigenvalue weighted by Gasteiger charge is -2.32. The average molecular weight is 247 g/mol. The van der Waals surface area contributed by atoms with E-state index in [1.54, 1.807) is 7.11 Å². The van der Waals surface area contributed by atoms with E-state index < -0.39 is 0 Å². The predicted octanol–water partition coefficient (Wildman–Crippen LogP) is 3.64. The minimum Gasteiger partial charge on any atom is -0.380 e. The van der Waals surface area contributed by atoms with Gasteiger partial charge in [0.2, 0.25) is 0 Å². The van der Waals surface area contributed by atoms with Crippen LogP contribution < -0.4 is 5.32 Å². The molecular formula is C16H25NO. The number of methoxy groups -OCH3 is 1. The molecule has 2 rings (SSSR count). The molecule has 18 heavy (non-hydrogen) atoms. The SMILES string of the molecule is CCNC(c1ccccc1C1CCC1)C(C)OC. The van der Waals surface area contributed by atoms with Gasteiger partial charge in [0.05, 0.1) is 12.1 Å². The molecule has 0 bridgehead atoms. The van der Waals surface area contributed by atoms with Crippen LogP contribution in [0.4, 0.5) is 0 Å². The van der Waals surface area contributed by atoms with E-state index in [2.05, 4.69) is 43.4 Å². The van der Waals surface area contributed by atoms with Crippen molar-refractivity contribution in [2.75, 3.05) is 13.7 Å². The third-order valence-corrected chi connectivity index (χ3v) is 4.14. The van der Waals surface area contributed by atoms with Crippen LogP contribution in [0.3, 0.4) is 0 Å². The molecule has 1 aliphatic carbocycles. The van der Waals surface area contributed by atoms with Crippen LogP contribution in [-0.2, 0) is 4.74 Å². The lowest BCUT2D eigenvalue weighted by Crippen LogP contribution is -2.32. The summed E-state index contributed by atoms with van der Waals surface area (Å²) >= 11 is 0. The van der Waals surface area contributed by atoms with E-state index in [0.717, 1.165) is 12.5 Å². The van der Waals surface area contributed by atoms with Crippen LogP contribution in [0.2, 0.25) is 0 Å². The zero-order valence-electron chi connectivity index (χ0n) is 11.8. The lowest BCUT2D eigenvalue weighted by molar-refractivity contribution is 0.0830. The molecule has 1 N–H and O–H groups in total. The van der Waals surface area contributed by atoms with E-state index in [0.29, 0.717) is 6.04 Å².